The molecule has 0 unspecified atom stereocenters. The molecule has 0 radical (unpaired) electrons. The maximum absolute atomic E-state index is 5.01. The molecule has 4 nitrogen and oxygen atoms in total. The highest BCUT2D eigenvalue weighted by atomic mass is 14.8. The van der Waals surface area contributed by atoms with Crippen molar-refractivity contribution in [1.82, 2.24) is 19.9 Å². The molecule has 0 N–H and O–H groups in total. The second kappa shape index (κ2) is 11.7. The van der Waals surface area contributed by atoms with Gasteiger partial charge in [-0.15, -0.1) is 0 Å². The maximum atomic E-state index is 5.01. The van der Waals surface area contributed by atoms with E-state index in [4.69, 9.17) is 19.9 Å². The highest BCUT2D eigenvalue weighted by molar-refractivity contribution is 5.75. The summed E-state index contributed by atoms with van der Waals surface area (Å²) >= 11 is 0. The van der Waals surface area contributed by atoms with Crippen molar-refractivity contribution in [1.29, 1.82) is 0 Å². The van der Waals surface area contributed by atoms with Crippen LogP contribution in [-0.4, -0.2) is 19.9 Å². The standard InChI is InChI=1S/C44H28N4/c1-5-37-33-21-13-29(14-22-33)30-17-25-35(26-18-30)39-7-3-11-43(47-39)44-12-4-8-40(48-44)36-27-19-32(20-28-36)31-15-23-34(24-16-31)38-6-2-10-42(46-38)41(9-1)45-37/h1-28H. The van der Waals surface area contributed by atoms with Crippen molar-refractivity contribution in [3.8, 4) is 90.1 Å². The van der Waals surface area contributed by atoms with Crippen molar-refractivity contribution >= 4 is 0 Å². The van der Waals surface area contributed by atoms with Gasteiger partial charge in [0.15, 0.2) is 0 Å². The number of hydrogen-bond donors (Lipinski definition) is 0. The lowest BCUT2D eigenvalue weighted by Gasteiger charge is -2.10. The Bertz CT molecular complexity index is 2060. The SMILES string of the molecule is c1cc2nc(c1)-c1cccc(n1)-c1ccc(cc1)-c1ccc(cc1)-c1cccc(n1)-c1cccc(n1)-c1ccc(cc1)-c1ccc-2cc1. The number of nitrogens with zero attached hydrogens (tertiary/aromatic N) is 4. The van der Waals surface area contributed by atoms with Crippen LogP contribution < -0.4 is 0 Å². The molecule has 4 aromatic heterocycles. The van der Waals surface area contributed by atoms with Gasteiger partial charge in [0, 0.05) is 22.3 Å². The van der Waals surface area contributed by atoms with Crippen LogP contribution in [0.1, 0.15) is 0 Å². The summed E-state index contributed by atoms with van der Waals surface area (Å²) in [5.74, 6) is 0. The zero-order valence-corrected chi connectivity index (χ0v) is 26.0. The third kappa shape index (κ3) is 5.25. The van der Waals surface area contributed by atoms with Gasteiger partial charge in [-0.2, -0.15) is 0 Å². The van der Waals surface area contributed by atoms with Crippen LogP contribution in [-0.2, 0) is 0 Å². The number of rotatable bonds is 0. The Morgan fingerprint density at radius 2 is 0.333 bits per heavy atom. The molecule has 0 atom stereocenters. The molecule has 4 heteroatoms. The van der Waals surface area contributed by atoms with Crippen molar-refractivity contribution < 1.29 is 0 Å². The molecule has 48 heavy (non-hydrogen) atoms. The van der Waals surface area contributed by atoms with Gasteiger partial charge in [-0.25, -0.2) is 19.9 Å². The highest BCUT2D eigenvalue weighted by Crippen LogP contribution is 2.31. The zero-order valence-electron chi connectivity index (χ0n) is 26.0. The van der Waals surface area contributed by atoms with Crippen molar-refractivity contribution in [3.63, 3.8) is 0 Å². The molecule has 0 amide bonds. The van der Waals surface area contributed by atoms with Crippen molar-refractivity contribution in [3.05, 3.63) is 170 Å². The number of pyridine rings is 4. The summed E-state index contributed by atoms with van der Waals surface area (Å²) in [6, 6.07) is 58.8. The first-order chi connectivity index (χ1) is 23.7. The molecule has 0 saturated heterocycles. The van der Waals surface area contributed by atoms with E-state index in [2.05, 4.69) is 97.1 Å². The average molecular weight is 613 g/mol. The maximum Gasteiger partial charge on any atom is 0.0893 e. The smallest absolute Gasteiger partial charge is 0.0893 e. The van der Waals surface area contributed by atoms with Gasteiger partial charge in [0.25, 0.3) is 0 Å². The summed E-state index contributed by atoms with van der Waals surface area (Å²) in [4.78, 5) is 20.0. The van der Waals surface area contributed by atoms with E-state index in [0.29, 0.717) is 0 Å². The Kier molecular flexibility index (Phi) is 6.76. The Hall–Kier alpha value is -6.52. The van der Waals surface area contributed by atoms with E-state index in [1.54, 1.807) is 0 Å². The Morgan fingerprint density at radius 1 is 0.167 bits per heavy atom. The van der Waals surface area contributed by atoms with Crippen LogP contribution in [0.25, 0.3) is 90.1 Å². The molecule has 7 aliphatic heterocycles. The molecule has 224 valence electrons. The van der Waals surface area contributed by atoms with Gasteiger partial charge in [-0.1, -0.05) is 121 Å². The fourth-order valence-corrected chi connectivity index (χ4v) is 6.29. The van der Waals surface area contributed by atoms with Crippen LogP contribution in [0.2, 0.25) is 0 Å². The van der Waals surface area contributed by atoms with Crippen molar-refractivity contribution in [2.24, 2.45) is 0 Å². The largest absolute Gasteiger partial charge is 0.246 e. The lowest BCUT2D eigenvalue weighted by Crippen LogP contribution is -1.93. The van der Waals surface area contributed by atoms with Crippen molar-refractivity contribution in [2.45, 2.75) is 0 Å². The molecule has 16 bridgehead atoms. The lowest BCUT2D eigenvalue weighted by atomic mass is 10.00. The van der Waals surface area contributed by atoms with Gasteiger partial charge >= 0.3 is 0 Å². The van der Waals surface area contributed by atoms with E-state index in [9.17, 15) is 0 Å². The first-order valence-electron chi connectivity index (χ1n) is 16.1. The minimum absolute atomic E-state index is 0.844. The van der Waals surface area contributed by atoms with E-state index < -0.39 is 0 Å². The first-order valence-corrected chi connectivity index (χ1v) is 16.1. The van der Waals surface area contributed by atoms with Crippen LogP contribution in [0.15, 0.2) is 170 Å². The van der Waals surface area contributed by atoms with Crippen LogP contribution >= 0.6 is 0 Å². The van der Waals surface area contributed by atoms with E-state index in [1.807, 2.05) is 72.8 Å². The summed E-state index contributed by atoms with van der Waals surface area (Å²) in [6.07, 6.45) is 0. The Labute approximate surface area is 279 Å². The minimum Gasteiger partial charge on any atom is -0.246 e. The average Bonchev–Trinajstić information content (AvgIpc) is 3.18. The predicted octanol–water partition coefficient (Wildman–Crippen LogP) is 10.9. The Balaban J connectivity index is 1.16. The van der Waals surface area contributed by atoms with Gasteiger partial charge in [0.05, 0.1) is 45.6 Å². The van der Waals surface area contributed by atoms with Crippen LogP contribution in [0.5, 0.6) is 0 Å². The van der Waals surface area contributed by atoms with Gasteiger partial charge < -0.3 is 0 Å². The van der Waals surface area contributed by atoms with E-state index >= 15 is 0 Å². The molecule has 7 aliphatic rings. The molecule has 0 aliphatic carbocycles. The third-order valence-corrected chi connectivity index (χ3v) is 8.91. The predicted molar refractivity (Wildman–Crippen MR) is 195 cm³/mol. The molecule has 8 aromatic rings. The van der Waals surface area contributed by atoms with Crippen LogP contribution in [0.4, 0.5) is 0 Å². The molecule has 11 heterocycles. The molecule has 0 spiro atoms. The number of benzene rings is 4. The highest BCUT2D eigenvalue weighted by Gasteiger charge is 2.11. The number of hydrogen-bond acceptors (Lipinski definition) is 4. The normalized spacial score (nSPS) is 11.3. The van der Waals surface area contributed by atoms with Crippen LogP contribution in [0, 0.1) is 0 Å². The van der Waals surface area contributed by atoms with Gasteiger partial charge in [0.1, 0.15) is 0 Å². The second-order valence-electron chi connectivity index (χ2n) is 11.9. The third-order valence-electron chi connectivity index (χ3n) is 8.91. The quantitative estimate of drug-likeness (QED) is 0.171. The van der Waals surface area contributed by atoms with Gasteiger partial charge in [-0.05, 0) is 70.8 Å². The van der Waals surface area contributed by atoms with Gasteiger partial charge in [0.2, 0.25) is 0 Å². The molecule has 15 rings (SSSR count). The van der Waals surface area contributed by atoms with Crippen LogP contribution in [0.3, 0.4) is 0 Å². The summed E-state index contributed by atoms with van der Waals surface area (Å²) < 4.78 is 0. The fourth-order valence-electron chi connectivity index (χ4n) is 6.29. The Morgan fingerprint density at radius 3 is 0.542 bits per heavy atom. The summed E-state index contributed by atoms with van der Waals surface area (Å²) in [5, 5.41) is 0. The minimum atomic E-state index is 0.844. The molecular weight excluding hydrogens is 585 g/mol. The molecule has 0 fully saturated rings. The second-order valence-corrected chi connectivity index (χ2v) is 11.9. The zero-order chi connectivity index (χ0) is 31.9. The fraction of sp³-hybridized carbons (Fsp3) is 0. The summed E-state index contributed by atoms with van der Waals surface area (Å²) in [5.41, 5.74) is 15.8. The summed E-state index contributed by atoms with van der Waals surface area (Å²) in [7, 11) is 0. The molecular formula is C44H28N4. The summed E-state index contributed by atoms with van der Waals surface area (Å²) in [6.45, 7) is 0. The molecule has 4 aromatic carbocycles. The van der Waals surface area contributed by atoms with Gasteiger partial charge in [-0.3, -0.25) is 0 Å². The molecule has 0 saturated carbocycles. The topological polar surface area (TPSA) is 51.6 Å². The lowest BCUT2D eigenvalue weighted by molar-refractivity contribution is 1.25. The number of aromatic nitrogens is 4. The van der Waals surface area contributed by atoms with E-state index in [-0.39, 0.29) is 0 Å². The first kappa shape index (κ1) is 27.8. The monoisotopic (exact) mass is 612 g/mol. The van der Waals surface area contributed by atoms with E-state index in [0.717, 1.165) is 90.1 Å². The van der Waals surface area contributed by atoms with E-state index in [1.165, 1.54) is 0 Å². The van der Waals surface area contributed by atoms with Crippen molar-refractivity contribution in [2.75, 3.05) is 0 Å².